The van der Waals surface area contributed by atoms with E-state index >= 15 is 0 Å². The molecular weight excluding hydrogens is 486 g/mol. The van der Waals surface area contributed by atoms with Gasteiger partial charge in [-0.25, -0.2) is 4.98 Å². The smallest absolute Gasteiger partial charge is 0.259 e. The van der Waals surface area contributed by atoms with E-state index in [4.69, 9.17) is 51.1 Å². The number of methoxy groups -OCH3 is 1. The molecule has 1 heterocycles. The van der Waals surface area contributed by atoms with Crippen LogP contribution in [0.3, 0.4) is 0 Å². The molecule has 0 bridgehead atoms. The number of hydrogen-bond acceptors (Lipinski definition) is 4. The molecule has 0 unspecified atom stereocenters. The van der Waals surface area contributed by atoms with Gasteiger partial charge in [0, 0.05) is 15.6 Å². The van der Waals surface area contributed by atoms with Crippen LogP contribution in [-0.2, 0) is 0 Å². The molecule has 4 aromatic rings. The number of ether oxygens (including phenoxy) is 1. The maximum absolute atomic E-state index is 13.1. The van der Waals surface area contributed by atoms with Gasteiger partial charge < -0.3 is 10.1 Å². The van der Waals surface area contributed by atoms with Gasteiger partial charge in [0.2, 0.25) is 0 Å². The number of rotatable bonds is 4. The molecular formula is C21H12Cl4N2O2S. The molecule has 1 aromatic heterocycles. The Kier molecular flexibility index (Phi) is 6.09. The highest BCUT2D eigenvalue weighted by molar-refractivity contribution is 7.21. The Morgan fingerprint density at radius 2 is 1.70 bits per heavy atom. The van der Waals surface area contributed by atoms with Crippen molar-refractivity contribution in [1.82, 2.24) is 4.98 Å². The van der Waals surface area contributed by atoms with Crippen LogP contribution in [-0.4, -0.2) is 18.0 Å². The molecule has 9 heteroatoms. The molecule has 4 nitrogen and oxygen atoms in total. The van der Waals surface area contributed by atoms with E-state index in [9.17, 15) is 4.79 Å². The number of benzene rings is 3. The van der Waals surface area contributed by atoms with Crippen molar-refractivity contribution < 1.29 is 9.53 Å². The number of thiazole rings is 1. The molecule has 4 rings (SSSR count). The van der Waals surface area contributed by atoms with Gasteiger partial charge in [-0.2, -0.15) is 0 Å². The van der Waals surface area contributed by atoms with Crippen molar-refractivity contribution in [3.63, 3.8) is 0 Å². The lowest BCUT2D eigenvalue weighted by Crippen LogP contribution is -2.14. The summed E-state index contributed by atoms with van der Waals surface area (Å²) in [5.41, 5.74) is 2.00. The van der Waals surface area contributed by atoms with Crippen LogP contribution in [0, 0.1) is 0 Å². The first-order chi connectivity index (χ1) is 14.4. The second kappa shape index (κ2) is 8.61. The standard InChI is InChI=1S/C21H12Cl4N2O2S/c1-29-19-13(7-11(23)9-15(19)25)20(28)27-18-12(6-10(22)8-14(18)24)21-26-16-4-2-3-5-17(16)30-21/h2-9H,1H3,(H,27,28). The minimum absolute atomic E-state index is 0.177. The Morgan fingerprint density at radius 3 is 2.43 bits per heavy atom. The molecule has 3 aromatic carbocycles. The zero-order chi connectivity index (χ0) is 21.4. The van der Waals surface area contributed by atoms with E-state index in [0.29, 0.717) is 26.3 Å². The van der Waals surface area contributed by atoms with Gasteiger partial charge in [0.1, 0.15) is 10.8 Å². The lowest BCUT2D eigenvalue weighted by Gasteiger charge is -2.15. The summed E-state index contributed by atoms with van der Waals surface area (Å²) in [5.74, 6) is -0.270. The maximum Gasteiger partial charge on any atom is 0.259 e. The molecule has 0 saturated heterocycles. The number of para-hydroxylation sites is 1. The molecule has 0 aliphatic rings. The minimum Gasteiger partial charge on any atom is -0.494 e. The van der Waals surface area contributed by atoms with Gasteiger partial charge >= 0.3 is 0 Å². The molecule has 0 atom stereocenters. The Hall–Kier alpha value is -2.02. The van der Waals surface area contributed by atoms with Crippen molar-refractivity contribution >= 4 is 79.6 Å². The van der Waals surface area contributed by atoms with E-state index in [2.05, 4.69) is 10.3 Å². The quantitative estimate of drug-likeness (QED) is 0.312. The Labute approximate surface area is 196 Å². The van der Waals surface area contributed by atoms with Crippen LogP contribution >= 0.6 is 57.7 Å². The molecule has 0 aliphatic carbocycles. The van der Waals surface area contributed by atoms with Crippen LogP contribution in [0.15, 0.2) is 48.5 Å². The Bertz CT molecular complexity index is 1260. The largest absolute Gasteiger partial charge is 0.494 e. The third kappa shape index (κ3) is 4.09. The first-order valence-corrected chi connectivity index (χ1v) is 10.9. The fraction of sp³-hybridized carbons (Fsp3) is 0.0476. The van der Waals surface area contributed by atoms with Gasteiger partial charge in [-0.3, -0.25) is 4.79 Å². The van der Waals surface area contributed by atoms with E-state index < -0.39 is 5.91 Å². The second-order valence-corrected chi connectivity index (χ2v) is 8.94. The predicted octanol–water partition coefficient (Wildman–Crippen LogP) is 7.84. The third-order valence-electron chi connectivity index (χ3n) is 4.27. The lowest BCUT2D eigenvalue weighted by atomic mass is 10.1. The van der Waals surface area contributed by atoms with Gasteiger partial charge in [0.15, 0.2) is 0 Å². The maximum atomic E-state index is 13.1. The number of amides is 1. The van der Waals surface area contributed by atoms with E-state index in [-0.39, 0.29) is 21.4 Å². The van der Waals surface area contributed by atoms with Gasteiger partial charge in [0.05, 0.1) is 38.6 Å². The summed E-state index contributed by atoms with van der Waals surface area (Å²) in [5, 5.41) is 4.74. The zero-order valence-corrected chi connectivity index (χ0v) is 19.1. The van der Waals surface area contributed by atoms with Crippen molar-refractivity contribution in [3.8, 4) is 16.3 Å². The number of aromatic nitrogens is 1. The molecule has 0 fully saturated rings. The summed E-state index contributed by atoms with van der Waals surface area (Å²) >= 11 is 26.4. The first-order valence-electron chi connectivity index (χ1n) is 8.56. The van der Waals surface area contributed by atoms with E-state index in [1.54, 1.807) is 12.1 Å². The van der Waals surface area contributed by atoms with Gasteiger partial charge in [0.25, 0.3) is 5.91 Å². The average molecular weight is 498 g/mol. The molecule has 1 N–H and O–H groups in total. The number of nitrogens with zero attached hydrogens (tertiary/aromatic N) is 1. The third-order valence-corrected chi connectivity index (χ3v) is 6.36. The number of halogens is 4. The normalized spacial score (nSPS) is 11.0. The number of hydrogen-bond donors (Lipinski definition) is 1. The summed E-state index contributed by atoms with van der Waals surface area (Å²) in [7, 11) is 1.42. The molecule has 1 amide bonds. The second-order valence-electron chi connectivity index (χ2n) is 6.22. The average Bonchev–Trinajstić information content (AvgIpc) is 3.13. The van der Waals surface area contributed by atoms with E-state index in [1.165, 1.54) is 30.6 Å². The number of nitrogens with one attached hydrogen (secondary N) is 1. The molecule has 152 valence electrons. The lowest BCUT2D eigenvalue weighted by molar-refractivity contribution is 0.102. The van der Waals surface area contributed by atoms with Crippen molar-refractivity contribution in [1.29, 1.82) is 0 Å². The molecule has 0 saturated carbocycles. The number of fused-ring (bicyclic) bond motifs is 1. The fourth-order valence-electron chi connectivity index (χ4n) is 2.97. The van der Waals surface area contributed by atoms with Crippen LogP contribution in [0.2, 0.25) is 20.1 Å². The van der Waals surface area contributed by atoms with Crippen molar-refractivity contribution in [3.05, 3.63) is 74.2 Å². The summed E-state index contributed by atoms with van der Waals surface area (Å²) in [6.07, 6.45) is 0. The number of anilines is 1. The van der Waals surface area contributed by atoms with Crippen molar-refractivity contribution in [2.24, 2.45) is 0 Å². The monoisotopic (exact) mass is 496 g/mol. The SMILES string of the molecule is COc1c(Cl)cc(Cl)cc1C(=O)Nc1c(Cl)cc(Cl)cc1-c1nc2ccccc2s1. The minimum atomic E-state index is -0.483. The molecule has 0 spiro atoms. The first kappa shape index (κ1) is 21.2. The van der Waals surface area contributed by atoms with Crippen molar-refractivity contribution in [2.75, 3.05) is 12.4 Å². The summed E-state index contributed by atoms with van der Waals surface area (Å²) < 4.78 is 6.28. The van der Waals surface area contributed by atoms with Gasteiger partial charge in [-0.15, -0.1) is 11.3 Å². The van der Waals surface area contributed by atoms with Crippen LogP contribution in [0.25, 0.3) is 20.8 Å². The van der Waals surface area contributed by atoms with Crippen LogP contribution in [0.5, 0.6) is 5.75 Å². The van der Waals surface area contributed by atoms with Crippen molar-refractivity contribution in [2.45, 2.75) is 0 Å². The number of carbonyl (C=O) groups is 1. The highest BCUT2D eigenvalue weighted by atomic mass is 35.5. The van der Waals surface area contributed by atoms with E-state index in [1.807, 2.05) is 24.3 Å². The zero-order valence-electron chi connectivity index (χ0n) is 15.3. The molecule has 30 heavy (non-hydrogen) atoms. The fourth-order valence-corrected chi connectivity index (χ4v) is 5.07. The van der Waals surface area contributed by atoms with Crippen LogP contribution < -0.4 is 10.1 Å². The summed E-state index contributed by atoms with van der Waals surface area (Å²) in [6.45, 7) is 0. The Morgan fingerprint density at radius 1 is 1.00 bits per heavy atom. The van der Waals surface area contributed by atoms with E-state index in [0.717, 1.165) is 10.2 Å². The van der Waals surface area contributed by atoms with Gasteiger partial charge in [-0.1, -0.05) is 58.5 Å². The molecule has 0 radical (unpaired) electrons. The van der Waals surface area contributed by atoms with Crippen LogP contribution in [0.1, 0.15) is 10.4 Å². The topological polar surface area (TPSA) is 51.2 Å². The predicted molar refractivity (Wildman–Crippen MR) is 126 cm³/mol. The number of carbonyl (C=O) groups excluding carboxylic acids is 1. The summed E-state index contributed by atoms with van der Waals surface area (Å²) in [4.78, 5) is 17.7. The molecule has 0 aliphatic heterocycles. The highest BCUT2D eigenvalue weighted by Gasteiger charge is 2.21. The van der Waals surface area contributed by atoms with Crippen LogP contribution in [0.4, 0.5) is 5.69 Å². The highest BCUT2D eigenvalue weighted by Crippen LogP contribution is 2.41. The Balaban J connectivity index is 1.81. The summed E-state index contributed by atoms with van der Waals surface area (Å²) in [6, 6.07) is 14.0. The van der Waals surface area contributed by atoms with Gasteiger partial charge in [-0.05, 0) is 36.4 Å².